The van der Waals surface area contributed by atoms with Crippen LogP contribution in [-0.2, 0) is 11.2 Å². The van der Waals surface area contributed by atoms with Crippen LogP contribution in [0.5, 0.6) is 5.75 Å². The van der Waals surface area contributed by atoms with Crippen LogP contribution >= 0.6 is 0 Å². The molecule has 12 heteroatoms. The van der Waals surface area contributed by atoms with Crippen LogP contribution in [0.4, 0.5) is 0 Å². The van der Waals surface area contributed by atoms with Gasteiger partial charge in [0.2, 0.25) is 11.7 Å². The van der Waals surface area contributed by atoms with Gasteiger partial charge in [-0.3, -0.25) is 14.4 Å². The maximum atomic E-state index is 11.2. The summed E-state index contributed by atoms with van der Waals surface area (Å²) in [4.78, 5) is 47.7. The van der Waals surface area contributed by atoms with Gasteiger partial charge in [-0.2, -0.15) is 4.98 Å². The third kappa shape index (κ3) is 9.15. The highest BCUT2D eigenvalue weighted by Crippen LogP contribution is 2.31. The molecule has 0 aliphatic rings. The summed E-state index contributed by atoms with van der Waals surface area (Å²) in [6.45, 7) is 6.82. The number of nitrogens with zero attached hydrogens (tertiary/aromatic N) is 2. The van der Waals surface area contributed by atoms with E-state index in [9.17, 15) is 24.3 Å². The Morgan fingerprint density at radius 3 is 2.24 bits per heavy atom. The highest BCUT2D eigenvalue weighted by molar-refractivity contribution is 5.90. The third-order valence-electron chi connectivity index (χ3n) is 6.82. The van der Waals surface area contributed by atoms with Crippen molar-refractivity contribution in [2.45, 2.75) is 40.2 Å². The molecule has 12 nitrogen and oxygen atoms in total. The number of carboxylic acids is 1. The highest BCUT2D eigenvalue weighted by atomic mass is 16.5. The molecule has 0 aliphatic carbocycles. The molecule has 4 aromatic rings. The molecule has 3 aromatic carbocycles. The number of rotatable bonds is 12. The maximum absolute atomic E-state index is 11.2. The minimum absolute atomic E-state index is 0.0161. The standard InChI is InChI=1S/C24H27N3O6.C9H8O3/c1-4-16-8-18(7-15(3)22(16)32-13-20(30)10-25-21(31)12-29)23-26-24(33-27-23)17-6-5-14(2)19(9-17)11-28;1-6-2-3-7(9(11)12)4-8(6)5-10/h5-9,11,20,29-30H,4,10,12-13H2,1-3H3,(H,25,31);2-5H,1H3,(H,11,12)/t20-;/m0./s1. The number of aryl methyl sites for hydroxylation is 4. The topological polar surface area (TPSA) is 189 Å². The fraction of sp³-hybridized carbons (Fsp3) is 0.273. The first kappa shape index (κ1) is 34.3. The Labute approximate surface area is 259 Å². The molecule has 0 radical (unpaired) electrons. The van der Waals surface area contributed by atoms with Crippen LogP contribution in [0.3, 0.4) is 0 Å². The van der Waals surface area contributed by atoms with E-state index in [1.54, 1.807) is 19.1 Å². The van der Waals surface area contributed by atoms with Crippen LogP contribution < -0.4 is 10.1 Å². The number of aldehydes is 2. The average Bonchev–Trinajstić information content (AvgIpc) is 3.53. The second-order valence-corrected chi connectivity index (χ2v) is 10.2. The van der Waals surface area contributed by atoms with Crippen LogP contribution in [0, 0.1) is 20.8 Å². The summed E-state index contributed by atoms with van der Waals surface area (Å²) in [5.74, 6) is -0.201. The van der Waals surface area contributed by atoms with Gasteiger partial charge in [-0.25, -0.2) is 4.79 Å². The Balaban J connectivity index is 0.000000385. The molecule has 236 valence electrons. The monoisotopic (exact) mass is 617 g/mol. The van der Waals surface area contributed by atoms with Crippen LogP contribution in [0.25, 0.3) is 22.8 Å². The minimum atomic E-state index is -1.02. The molecule has 45 heavy (non-hydrogen) atoms. The van der Waals surface area contributed by atoms with E-state index in [-0.39, 0.29) is 18.7 Å². The lowest BCUT2D eigenvalue weighted by Crippen LogP contribution is -2.36. The molecule has 4 rings (SSSR count). The van der Waals surface area contributed by atoms with E-state index in [2.05, 4.69) is 15.5 Å². The Bertz CT molecular complexity index is 1680. The highest BCUT2D eigenvalue weighted by Gasteiger charge is 2.17. The number of ether oxygens (including phenoxy) is 1. The van der Waals surface area contributed by atoms with Crippen molar-refractivity contribution in [3.8, 4) is 28.6 Å². The summed E-state index contributed by atoms with van der Waals surface area (Å²) in [5, 5.41) is 33.8. The van der Waals surface area contributed by atoms with Gasteiger partial charge in [0, 0.05) is 28.8 Å². The first-order valence-electron chi connectivity index (χ1n) is 14.0. The molecule has 0 unspecified atom stereocenters. The van der Waals surface area contributed by atoms with E-state index in [0.717, 1.165) is 34.1 Å². The normalized spacial score (nSPS) is 11.2. The number of nitrogens with one attached hydrogen (secondary N) is 1. The number of carbonyl (C=O) groups excluding carboxylic acids is 3. The number of hydrogen-bond donors (Lipinski definition) is 4. The second-order valence-electron chi connectivity index (χ2n) is 10.2. The van der Waals surface area contributed by atoms with Gasteiger partial charge in [-0.1, -0.05) is 24.2 Å². The number of aliphatic hydroxyl groups is 2. The Morgan fingerprint density at radius 1 is 0.956 bits per heavy atom. The van der Waals surface area contributed by atoms with Crippen LogP contribution in [0.15, 0.2) is 53.1 Å². The van der Waals surface area contributed by atoms with E-state index < -0.39 is 24.6 Å². The number of aromatic nitrogens is 2. The fourth-order valence-electron chi connectivity index (χ4n) is 4.23. The number of carboxylic acid groups (broad SMARTS) is 1. The zero-order chi connectivity index (χ0) is 33.1. The maximum Gasteiger partial charge on any atom is 0.335 e. The van der Waals surface area contributed by atoms with E-state index in [1.165, 1.54) is 12.1 Å². The lowest BCUT2D eigenvalue weighted by molar-refractivity contribution is -0.124. The summed E-state index contributed by atoms with van der Waals surface area (Å²) in [7, 11) is 0. The van der Waals surface area contributed by atoms with Gasteiger partial charge < -0.3 is 29.9 Å². The van der Waals surface area contributed by atoms with Crippen LogP contribution in [0.1, 0.15) is 60.3 Å². The molecule has 1 atom stereocenters. The number of aromatic carboxylic acids is 1. The first-order chi connectivity index (χ1) is 21.5. The van der Waals surface area contributed by atoms with Gasteiger partial charge in [0.25, 0.3) is 5.89 Å². The van der Waals surface area contributed by atoms with Crippen molar-refractivity contribution in [3.05, 3.63) is 87.5 Å². The van der Waals surface area contributed by atoms with Gasteiger partial charge in [0.1, 0.15) is 37.6 Å². The van der Waals surface area contributed by atoms with Crippen molar-refractivity contribution in [1.82, 2.24) is 15.5 Å². The van der Waals surface area contributed by atoms with Gasteiger partial charge >= 0.3 is 5.97 Å². The molecule has 0 bridgehead atoms. The lowest BCUT2D eigenvalue weighted by atomic mass is 10.0. The first-order valence-corrected chi connectivity index (χ1v) is 14.0. The molecule has 0 aliphatic heterocycles. The Morgan fingerprint density at radius 2 is 1.62 bits per heavy atom. The Hall–Kier alpha value is -5.20. The molecular weight excluding hydrogens is 582 g/mol. The average molecular weight is 618 g/mol. The van der Waals surface area contributed by atoms with Crippen molar-refractivity contribution in [2.75, 3.05) is 19.8 Å². The molecule has 1 aromatic heterocycles. The summed E-state index contributed by atoms with van der Waals surface area (Å²) in [5.41, 5.74) is 5.94. The number of carbonyl (C=O) groups is 4. The molecule has 0 fully saturated rings. The number of benzene rings is 3. The van der Waals surface area contributed by atoms with E-state index >= 15 is 0 Å². The fourth-order valence-corrected chi connectivity index (χ4v) is 4.23. The second kappa shape index (κ2) is 16.0. The van der Waals surface area contributed by atoms with Gasteiger partial charge in [0.05, 0.1) is 5.56 Å². The number of hydrogen-bond acceptors (Lipinski definition) is 10. The molecule has 0 saturated heterocycles. The van der Waals surface area contributed by atoms with E-state index in [1.807, 2.05) is 45.0 Å². The molecule has 4 N–H and O–H groups in total. The molecule has 1 amide bonds. The third-order valence-corrected chi connectivity index (χ3v) is 6.82. The zero-order valence-corrected chi connectivity index (χ0v) is 25.4. The van der Waals surface area contributed by atoms with Crippen molar-refractivity contribution in [3.63, 3.8) is 0 Å². The zero-order valence-electron chi connectivity index (χ0n) is 25.4. The largest absolute Gasteiger partial charge is 0.490 e. The van der Waals surface area contributed by atoms with E-state index in [0.29, 0.717) is 46.9 Å². The quantitative estimate of drug-likeness (QED) is 0.169. The lowest BCUT2D eigenvalue weighted by Gasteiger charge is -2.17. The molecule has 1 heterocycles. The van der Waals surface area contributed by atoms with Gasteiger partial charge in [-0.05, 0) is 85.8 Å². The minimum Gasteiger partial charge on any atom is -0.490 e. The van der Waals surface area contributed by atoms with Crippen molar-refractivity contribution < 1.29 is 43.8 Å². The summed E-state index contributed by atoms with van der Waals surface area (Å²) in [6.07, 6.45) is 1.20. The Kier molecular flexibility index (Phi) is 12.2. The number of amides is 1. The molecule has 0 saturated carbocycles. The predicted molar refractivity (Wildman–Crippen MR) is 165 cm³/mol. The van der Waals surface area contributed by atoms with Crippen molar-refractivity contribution >= 4 is 24.4 Å². The van der Waals surface area contributed by atoms with Crippen molar-refractivity contribution in [1.29, 1.82) is 0 Å². The summed E-state index contributed by atoms with van der Waals surface area (Å²) >= 11 is 0. The summed E-state index contributed by atoms with van der Waals surface area (Å²) < 4.78 is 11.3. The van der Waals surface area contributed by atoms with Crippen LogP contribution in [-0.4, -0.2) is 75.8 Å². The molecular formula is C33H35N3O9. The summed E-state index contributed by atoms with van der Waals surface area (Å²) in [6, 6.07) is 13.6. The molecule has 0 spiro atoms. The van der Waals surface area contributed by atoms with Gasteiger partial charge in [-0.15, -0.1) is 0 Å². The van der Waals surface area contributed by atoms with E-state index in [4.69, 9.17) is 19.5 Å². The van der Waals surface area contributed by atoms with Crippen molar-refractivity contribution in [2.24, 2.45) is 0 Å². The smallest absolute Gasteiger partial charge is 0.335 e. The predicted octanol–water partition coefficient (Wildman–Crippen LogP) is 3.75. The number of aliphatic hydroxyl groups excluding tert-OH is 2. The van der Waals surface area contributed by atoms with Gasteiger partial charge in [0.15, 0.2) is 0 Å². The SMILES string of the molecule is CCc1cc(-c2noc(-c3ccc(C)c(C=O)c3)n2)cc(C)c1OC[C@@H](O)CNC(=O)CO.Cc1ccc(C(=O)O)cc1C=O. The van der Waals surface area contributed by atoms with Crippen LogP contribution in [0.2, 0.25) is 0 Å².